The van der Waals surface area contributed by atoms with E-state index in [2.05, 4.69) is 11.8 Å². The SMILES string of the molecule is CC(O)c1ccc(C(O)C#Cc2ccccc2)cc1. The Kier molecular flexibility index (Phi) is 4.35. The first-order chi connectivity index (χ1) is 9.16. The highest BCUT2D eigenvalue weighted by Gasteiger charge is 2.05. The van der Waals surface area contributed by atoms with Gasteiger partial charge in [0, 0.05) is 5.56 Å². The van der Waals surface area contributed by atoms with Gasteiger partial charge in [0.2, 0.25) is 0 Å². The summed E-state index contributed by atoms with van der Waals surface area (Å²) in [5.74, 6) is 5.74. The second-order valence-corrected chi connectivity index (χ2v) is 4.38. The van der Waals surface area contributed by atoms with Crippen molar-refractivity contribution in [1.29, 1.82) is 0 Å². The van der Waals surface area contributed by atoms with Crippen LogP contribution in [0.5, 0.6) is 0 Å². The van der Waals surface area contributed by atoms with Crippen LogP contribution in [-0.4, -0.2) is 10.2 Å². The fourth-order valence-electron chi connectivity index (χ4n) is 1.71. The van der Waals surface area contributed by atoms with Gasteiger partial charge >= 0.3 is 0 Å². The Bertz CT molecular complexity index is 574. The van der Waals surface area contributed by atoms with Crippen LogP contribution in [0.15, 0.2) is 54.6 Å². The summed E-state index contributed by atoms with van der Waals surface area (Å²) < 4.78 is 0. The van der Waals surface area contributed by atoms with E-state index < -0.39 is 12.2 Å². The lowest BCUT2D eigenvalue weighted by molar-refractivity contribution is 0.199. The molecule has 0 saturated carbocycles. The van der Waals surface area contributed by atoms with E-state index in [-0.39, 0.29) is 0 Å². The first kappa shape index (κ1) is 13.4. The van der Waals surface area contributed by atoms with Crippen molar-refractivity contribution in [2.24, 2.45) is 0 Å². The first-order valence-electron chi connectivity index (χ1n) is 6.19. The second kappa shape index (κ2) is 6.19. The van der Waals surface area contributed by atoms with E-state index in [0.717, 1.165) is 16.7 Å². The highest BCUT2D eigenvalue weighted by Crippen LogP contribution is 2.17. The minimum atomic E-state index is -0.816. The molecule has 0 spiro atoms. The van der Waals surface area contributed by atoms with Crippen LogP contribution in [-0.2, 0) is 0 Å². The minimum Gasteiger partial charge on any atom is -0.389 e. The van der Waals surface area contributed by atoms with Crippen molar-refractivity contribution in [3.63, 3.8) is 0 Å². The molecular weight excluding hydrogens is 236 g/mol. The van der Waals surface area contributed by atoms with Crippen LogP contribution in [0.3, 0.4) is 0 Å². The molecule has 2 rings (SSSR count). The van der Waals surface area contributed by atoms with Crippen LogP contribution in [0.2, 0.25) is 0 Å². The summed E-state index contributed by atoms with van der Waals surface area (Å²) in [7, 11) is 0. The fraction of sp³-hybridized carbons (Fsp3) is 0.176. The maximum Gasteiger partial charge on any atom is 0.140 e. The van der Waals surface area contributed by atoms with Crippen LogP contribution in [0, 0.1) is 11.8 Å². The molecule has 0 saturated heterocycles. The Labute approximate surface area is 113 Å². The van der Waals surface area contributed by atoms with Crippen molar-refractivity contribution >= 4 is 0 Å². The summed E-state index contributed by atoms with van der Waals surface area (Å²) in [6, 6.07) is 16.7. The van der Waals surface area contributed by atoms with E-state index in [1.165, 1.54) is 0 Å². The Hall–Kier alpha value is -2.08. The zero-order chi connectivity index (χ0) is 13.7. The van der Waals surface area contributed by atoms with Gasteiger partial charge in [0.25, 0.3) is 0 Å². The zero-order valence-corrected chi connectivity index (χ0v) is 10.7. The molecule has 0 aliphatic heterocycles. The summed E-state index contributed by atoms with van der Waals surface area (Å²) in [4.78, 5) is 0. The maximum atomic E-state index is 9.98. The van der Waals surface area contributed by atoms with Crippen LogP contribution in [0.4, 0.5) is 0 Å². The molecule has 2 aromatic carbocycles. The average molecular weight is 252 g/mol. The van der Waals surface area contributed by atoms with Crippen molar-refractivity contribution in [1.82, 2.24) is 0 Å². The zero-order valence-electron chi connectivity index (χ0n) is 10.7. The Morgan fingerprint density at radius 2 is 1.42 bits per heavy atom. The van der Waals surface area contributed by atoms with E-state index in [1.807, 2.05) is 30.3 Å². The molecule has 0 radical (unpaired) electrons. The number of benzene rings is 2. The third-order valence-corrected chi connectivity index (χ3v) is 2.86. The van der Waals surface area contributed by atoms with Gasteiger partial charge in [-0.05, 0) is 30.2 Å². The minimum absolute atomic E-state index is 0.499. The standard InChI is InChI=1S/C17H16O2/c1-13(18)15-8-10-16(11-9-15)17(19)12-7-14-5-3-2-4-6-14/h2-6,8-11,13,17-19H,1H3. The Morgan fingerprint density at radius 3 is 2.00 bits per heavy atom. The quantitative estimate of drug-likeness (QED) is 0.807. The number of hydrogen-bond acceptors (Lipinski definition) is 2. The molecule has 0 bridgehead atoms. The molecule has 2 nitrogen and oxygen atoms in total. The molecule has 0 heterocycles. The van der Waals surface area contributed by atoms with Crippen LogP contribution in [0.25, 0.3) is 0 Å². The number of hydrogen-bond donors (Lipinski definition) is 2. The largest absolute Gasteiger partial charge is 0.389 e. The second-order valence-electron chi connectivity index (χ2n) is 4.38. The van der Waals surface area contributed by atoms with E-state index >= 15 is 0 Å². The summed E-state index contributed by atoms with van der Waals surface area (Å²) in [6.45, 7) is 1.71. The number of aliphatic hydroxyl groups excluding tert-OH is 2. The Balaban J connectivity index is 2.12. The molecule has 0 aliphatic rings. The fourth-order valence-corrected chi connectivity index (χ4v) is 1.71. The summed E-state index contributed by atoms with van der Waals surface area (Å²) in [5.41, 5.74) is 2.43. The molecule has 0 fully saturated rings. The Morgan fingerprint density at radius 1 is 0.842 bits per heavy atom. The van der Waals surface area contributed by atoms with Gasteiger partial charge in [-0.1, -0.05) is 54.3 Å². The molecule has 2 atom stereocenters. The van der Waals surface area contributed by atoms with Crippen LogP contribution >= 0.6 is 0 Å². The monoisotopic (exact) mass is 252 g/mol. The predicted octanol–water partition coefficient (Wildman–Crippen LogP) is 2.83. The molecule has 2 heteroatoms. The van der Waals surface area contributed by atoms with Gasteiger partial charge in [0.15, 0.2) is 0 Å². The summed E-state index contributed by atoms with van der Waals surface area (Å²) >= 11 is 0. The number of rotatable bonds is 2. The smallest absolute Gasteiger partial charge is 0.140 e. The molecule has 0 aliphatic carbocycles. The highest BCUT2D eigenvalue weighted by atomic mass is 16.3. The predicted molar refractivity (Wildman–Crippen MR) is 75.4 cm³/mol. The van der Waals surface area contributed by atoms with Crippen molar-refractivity contribution in [2.45, 2.75) is 19.1 Å². The van der Waals surface area contributed by atoms with Crippen molar-refractivity contribution < 1.29 is 10.2 Å². The molecule has 0 amide bonds. The van der Waals surface area contributed by atoms with Gasteiger partial charge in [-0.25, -0.2) is 0 Å². The van der Waals surface area contributed by atoms with E-state index in [0.29, 0.717) is 0 Å². The summed E-state index contributed by atoms with van der Waals surface area (Å²) in [5, 5.41) is 19.4. The first-order valence-corrected chi connectivity index (χ1v) is 6.19. The third-order valence-electron chi connectivity index (χ3n) is 2.86. The molecule has 0 aromatic heterocycles. The van der Waals surface area contributed by atoms with Gasteiger partial charge in [-0.2, -0.15) is 0 Å². The van der Waals surface area contributed by atoms with Crippen LogP contribution in [0.1, 0.15) is 35.8 Å². The molecule has 2 N–H and O–H groups in total. The van der Waals surface area contributed by atoms with Crippen molar-refractivity contribution in [2.75, 3.05) is 0 Å². The lowest BCUT2D eigenvalue weighted by Crippen LogP contribution is -1.96. The van der Waals surface area contributed by atoms with Gasteiger partial charge in [-0.15, -0.1) is 0 Å². The molecule has 96 valence electrons. The summed E-state index contributed by atoms with van der Waals surface area (Å²) in [6.07, 6.45) is -1.31. The lowest BCUT2D eigenvalue weighted by Gasteiger charge is -2.07. The topological polar surface area (TPSA) is 40.5 Å². The van der Waals surface area contributed by atoms with E-state index in [9.17, 15) is 10.2 Å². The van der Waals surface area contributed by atoms with Crippen molar-refractivity contribution in [3.8, 4) is 11.8 Å². The van der Waals surface area contributed by atoms with E-state index in [4.69, 9.17) is 0 Å². The van der Waals surface area contributed by atoms with Gasteiger partial charge in [-0.3, -0.25) is 0 Å². The third kappa shape index (κ3) is 3.69. The number of aliphatic hydroxyl groups is 2. The van der Waals surface area contributed by atoms with E-state index in [1.54, 1.807) is 31.2 Å². The maximum absolute atomic E-state index is 9.98. The average Bonchev–Trinajstić information content (AvgIpc) is 2.46. The molecular formula is C17H16O2. The molecule has 19 heavy (non-hydrogen) atoms. The molecule has 2 aromatic rings. The van der Waals surface area contributed by atoms with Crippen LogP contribution < -0.4 is 0 Å². The highest BCUT2D eigenvalue weighted by molar-refractivity contribution is 5.37. The van der Waals surface area contributed by atoms with Gasteiger partial charge < -0.3 is 10.2 Å². The van der Waals surface area contributed by atoms with Gasteiger partial charge in [0.05, 0.1) is 6.10 Å². The van der Waals surface area contributed by atoms with Crippen molar-refractivity contribution in [3.05, 3.63) is 71.3 Å². The molecule has 2 unspecified atom stereocenters. The van der Waals surface area contributed by atoms with Gasteiger partial charge in [0.1, 0.15) is 6.10 Å². The lowest BCUT2D eigenvalue weighted by atomic mass is 10.0. The normalized spacial score (nSPS) is 13.2.